The molecule has 1 atom stereocenters. The normalized spacial score (nSPS) is 17.6. The molecular formula is C24H27NO7. The lowest BCUT2D eigenvalue weighted by molar-refractivity contribution is -0.140. The van der Waals surface area contributed by atoms with Crippen LogP contribution in [0.1, 0.15) is 22.7 Å². The van der Waals surface area contributed by atoms with Crippen LogP contribution in [-0.4, -0.2) is 67.4 Å². The summed E-state index contributed by atoms with van der Waals surface area (Å²) in [5.41, 5.74) is 2.01. The van der Waals surface area contributed by atoms with Gasteiger partial charge in [0.05, 0.1) is 45.7 Å². The van der Waals surface area contributed by atoms with Gasteiger partial charge in [-0.3, -0.25) is 9.59 Å². The lowest BCUT2D eigenvalue weighted by Gasteiger charge is -2.26. The standard InChI is InChI=1S/C24H27NO7/c1-15-4-6-16(7-5-15)22(27)20-21(17-8-9-18(30-2)19(14-17)31-3)25(24(29)23(20)28)10-12-32-13-11-26/h4-9,14,21,26-27H,10-13H2,1-3H3. The third kappa shape index (κ3) is 4.61. The minimum atomic E-state index is -0.839. The summed E-state index contributed by atoms with van der Waals surface area (Å²) in [7, 11) is 3.01. The number of nitrogens with zero attached hydrogens (tertiary/aromatic N) is 1. The predicted molar refractivity (Wildman–Crippen MR) is 118 cm³/mol. The summed E-state index contributed by atoms with van der Waals surface area (Å²) in [6, 6.07) is 11.3. The number of amides is 1. The number of ketones is 1. The van der Waals surface area contributed by atoms with Crippen molar-refractivity contribution in [2.75, 3.05) is 40.6 Å². The molecule has 2 N–H and O–H groups in total. The van der Waals surface area contributed by atoms with Crippen LogP contribution in [0.15, 0.2) is 48.0 Å². The van der Waals surface area contributed by atoms with Gasteiger partial charge in [-0.2, -0.15) is 0 Å². The molecule has 2 aromatic carbocycles. The summed E-state index contributed by atoms with van der Waals surface area (Å²) in [6.07, 6.45) is 0. The van der Waals surface area contributed by atoms with E-state index >= 15 is 0 Å². The van der Waals surface area contributed by atoms with E-state index in [2.05, 4.69) is 0 Å². The molecule has 0 spiro atoms. The van der Waals surface area contributed by atoms with Gasteiger partial charge in [0, 0.05) is 12.1 Å². The van der Waals surface area contributed by atoms with Crippen molar-refractivity contribution in [2.24, 2.45) is 0 Å². The number of likely N-dealkylation sites (tertiary alicyclic amines) is 1. The highest BCUT2D eigenvalue weighted by atomic mass is 16.5. The van der Waals surface area contributed by atoms with E-state index in [4.69, 9.17) is 19.3 Å². The highest BCUT2D eigenvalue weighted by Gasteiger charge is 2.46. The summed E-state index contributed by atoms with van der Waals surface area (Å²) < 4.78 is 16.0. The highest BCUT2D eigenvalue weighted by molar-refractivity contribution is 6.46. The fraction of sp³-hybridized carbons (Fsp3) is 0.333. The second kappa shape index (κ2) is 10.3. The molecule has 3 rings (SSSR count). The molecule has 1 aliphatic heterocycles. The fourth-order valence-electron chi connectivity index (χ4n) is 3.68. The van der Waals surface area contributed by atoms with Crippen LogP contribution in [0, 0.1) is 6.92 Å². The van der Waals surface area contributed by atoms with Gasteiger partial charge in [-0.15, -0.1) is 0 Å². The fourth-order valence-corrected chi connectivity index (χ4v) is 3.68. The number of hydrogen-bond donors (Lipinski definition) is 2. The second-order valence-electron chi connectivity index (χ2n) is 7.31. The Morgan fingerprint density at radius 3 is 2.31 bits per heavy atom. The van der Waals surface area contributed by atoms with E-state index in [1.54, 1.807) is 30.3 Å². The van der Waals surface area contributed by atoms with Crippen molar-refractivity contribution in [1.82, 2.24) is 4.90 Å². The van der Waals surface area contributed by atoms with Crippen molar-refractivity contribution >= 4 is 17.4 Å². The lowest BCUT2D eigenvalue weighted by Crippen LogP contribution is -2.33. The molecule has 1 saturated heterocycles. The molecular weight excluding hydrogens is 414 g/mol. The van der Waals surface area contributed by atoms with E-state index in [9.17, 15) is 14.7 Å². The number of hydrogen-bond acceptors (Lipinski definition) is 7. The molecule has 0 radical (unpaired) electrons. The molecule has 1 unspecified atom stereocenters. The first kappa shape index (κ1) is 23.3. The van der Waals surface area contributed by atoms with Gasteiger partial charge in [0.25, 0.3) is 11.7 Å². The molecule has 0 saturated carbocycles. The Kier molecular flexibility index (Phi) is 7.50. The molecule has 0 aliphatic carbocycles. The van der Waals surface area contributed by atoms with Crippen molar-refractivity contribution in [1.29, 1.82) is 0 Å². The van der Waals surface area contributed by atoms with Crippen LogP contribution in [-0.2, 0) is 14.3 Å². The molecule has 8 heteroatoms. The highest BCUT2D eigenvalue weighted by Crippen LogP contribution is 2.41. The molecule has 32 heavy (non-hydrogen) atoms. The molecule has 1 heterocycles. The first-order valence-electron chi connectivity index (χ1n) is 10.2. The van der Waals surface area contributed by atoms with E-state index in [-0.39, 0.29) is 37.7 Å². The van der Waals surface area contributed by atoms with E-state index < -0.39 is 17.7 Å². The molecule has 2 aromatic rings. The Bertz CT molecular complexity index is 1010. The van der Waals surface area contributed by atoms with Crippen LogP contribution in [0.3, 0.4) is 0 Å². The van der Waals surface area contributed by atoms with Crippen molar-refractivity contribution in [3.8, 4) is 11.5 Å². The van der Waals surface area contributed by atoms with Gasteiger partial charge >= 0.3 is 0 Å². The predicted octanol–water partition coefficient (Wildman–Crippen LogP) is 2.44. The van der Waals surface area contributed by atoms with Crippen molar-refractivity contribution in [2.45, 2.75) is 13.0 Å². The molecule has 0 aromatic heterocycles. The zero-order valence-corrected chi connectivity index (χ0v) is 18.3. The van der Waals surface area contributed by atoms with Crippen molar-refractivity contribution in [3.63, 3.8) is 0 Å². The molecule has 1 aliphatic rings. The van der Waals surface area contributed by atoms with Crippen LogP contribution in [0.25, 0.3) is 5.76 Å². The number of carbonyl (C=O) groups excluding carboxylic acids is 2. The third-order valence-electron chi connectivity index (χ3n) is 5.30. The maximum atomic E-state index is 13.0. The minimum absolute atomic E-state index is 0.00627. The van der Waals surface area contributed by atoms with Gasteiger partial charge in [0.15, 0.2) is 11.5 Å². The zero-order chi connectivity index (χ0) is 23.3. The lowest BCUT2D eigenvalue weighted by atomic mass is 9.94. The number of ether oxygens (including phenoxy) is 3. The number of aliphatic hydroxyl groups is 2. The van der Waals surface area contributed by atoms with E-state index in [0.29, 0.717) is 22.6 Å². The molecule has 170 valence electrons. The summed E-state index contributed by atoms with van der Waals surface area (Å²) in [5, 5.41) is 20.0. The average molecular weight is 441 g/mol. The van der Waals surface area contributed by atoms with Gasteiger partial charge in [0.2, 0.25) is 0 Å². The molecule has 8 nitrogen and oxygen atoms in total. The van der Waals surface area contributed by atoms with Crippen LogP contribution in [0.2, 0.25) is 0 Å². The molecule has 1 fully saturated rings. The van der Waals surface area contributed by atoms with E-state index in [1.165, 1.54) is 19.1 Å². The minimum Gasteiger partial charge on any atom is -0.507 e. The van der Waals surface area contributed by atoms with Gasteiger partial charge in [-0.1, -0.05) is 35.9 Å². The number of aryl methyl sites for hydroxylation is 1. The Morgan fingerprint density at radius 2 is 1.69 bits per heavy atom. The summed E-state index contributed by atoms with van der Waals surface area (Å²) in [4.78, 5) is 27.3. The van der Waals surface area contributed by atoms with E-state index in [1.807, 2.05) is 19.1 Å². The maximum absolute atomic E-state index is 13.0. The van der Waals surface area contributed by atoms with Crippen molar-refractivity contribution < 1.29 is 34.0 Å². The zero-order valence-electron chi connectivity index (χ0n) is 18.3. The number of carbonyl (C=O) groups is 2. The summed E-state index contributed by atoms with van der Waals surface area (Å²) >= 11 is 0. The quantitative estimate of drug-likeness (QED) is 0.266. The second-order valence-corrected chi connectivity index (χ2v) is 7.31. The number of Topliss-reactive ketones (excluding diaryl/α,β-unsaturated/α-hetero) is 1. The number of aliphatic hydroxyl groups excluding tert-OH is 2. The maximum Gasteiger partial charge on any atom is 0.295 e. The Balaban J connectivity index is 2.11. The monoisotopic (exact) mass is 441 g/mol. The Labute approximate surface area is 186 Å². The average Bonchev–Trinajstić information content (AvgIpc) is 3.06. The van der Waals surface area contributed by atoms with Gasteiger partial charge in [-0.25, -0.2) is 0 Å². The van der Waals surface area contributed by atoms with Crippen LogP contribution in [0.5, 0.6) is 11.5 Å². The van der Waals surface area contributed by atoms with Crippen molar-refractivity contribution in [3.05, 3.63) is 64.7 Å². The summed E-state index contributed by atoms with van der Waals surface area (Å²) in [6.45, 7) is 2.12. The largest absolute Gasteiger partial charge is 0.507 e. The van der Waals surface area contributed by atoms with Crippen LogP contribution in [0.4, 0.5) is 0 Å². The topological polar surface area (TPSA) is 106 Å². The smallest absolute Gasteiger partial charge is 0.295 e. The molecule has 1 amide bonds. The van der Waals surface area contributed by atoms with Gasteiger partial charge in [0.1, 0.15) is 5.76 Å². The van der Waals surface area contributed by atoms with Gasteiger partial charge < -0.3 is 29.3 Å². The number of benzene rings is 2. The first-order chi connectivity index (χ1) is 15.4. The number of rotatable bonds is 9. The SMILES string of the molecule is COc1ccc(C2C(=C(O)c3ccc(C)cc3)C(=O)C(=O)N2CCOCCO)cc1OC. The van der Waals surface area contributed by atoms with E-state index in [0.717, 1.165) is 5.56 Å². The summed E-state index contributed by atoms with van der Waals surface area (Å²) in [5.74, 6) is -0.821. The third-order valence-corrected chi connectivity index (χ3v) is 5.30. The van der Waals surface area contributed by atoms with Crippen LogP contribution < -0.4 is 9.47 Å². The Hall–Kier alpha value is -3.36. The Morgan fingerprint density at radius 1 is 1.00 bits per heavy atom. The first-order valence-corrected chi connectivity index (χ1v) is 10.2. The van der Waals surface area contributed by atoms with Gasteiger partial charge in [-0.05, 0) is 24.6 Å². The molecule has 0 bridgehead atoms. The number of methoxy groups -OCH3 is 2. The van der Waals surface area contributed by atoms with Crippen LogP contribution >= 0.6 is 0 Å².